The van der Waals surface area contributed by atoms with Crippen LogP contribution in [0, 0.1) is 5.82 Å². The quantitative estimate of drug-likeness (QED) is 0.880. The fourth-order valence-electron chi connectivity index (χ4n) is 2.15. The van der Waals surface area contributed by atoms with Crippen LogP contribution in [-0.4, -0.2) is 43.2 Å². The van der Waals surface area contributed by atoms with Gasteiger partial charge in [-0.05, 0) is 33.0 Å². The first-order chi connectivity index (χ1) is 8.69. The third-order valence-electron chi connectivity index (χ3n) is 3.20. The topological polar surface area (TPSA) is 37.4 Å². The van der Waals surface area contributed by atoms with Crippen molar-refractivity contribution in [2.75, 3.05) is 27.2 Å². The van der Waals surface area contributed by atoms with E-state index in [1.807, 2.05) is 7.05 Å². The van der Waals surface area contributed by atoms with Gasteiger partial charge in [0.2, 0.25) is 5.88 Å². The molecule has 4 nitrogen and oxygen atoms in total. The summed E-state index contributed by atoms with van der Waals surface area (Å²) in [7, 11) is 3.93. The fourth-order valence-corrected chi connectivity index (χ4v) is 2.15. The summed E-state index contributed by atoms with van der Waals surface area (Å²) < 4.78 is 19.0. The Bertz CT molecular complexity index is 392. The molecule has 0 aromatic carbocycles. The van der Waals surface area contributed by atoms with Crippen LogP contribution in [-0.2, 0) is 6.54 Å². The second kappa shape index (κ2) is 6.11. The molecule has 1 saturated heterocycles. The van der Waals surface area contributed by atoms with Crippen LogP contribution in [0.25, 0.3) is 0 Å². The van der Waals surface area contributed by atoms with Crippen LogP contribution < -0.4 is 10.1 Å². The van der Waals surface area contributed by atoms with E-state index in [4.69, 9.17) is 4.74 Å². The summed E-state index contributed by atoms with van der Waals surface area (Å²) in [6, 6.07) is 1.48. The highest BCUT2D eigenvalue weighted by Crippen LogP contribution is 2.21. The van der Waals surface area contributed by atoms with Crippen molar-refractivity contribution in [3.8, 4) is 5.88 Å². The molecule has 5 heteroatoms. The highest BCUT2D eigenvalue weighted by molar-refractivity contribution is 5.26. The van der Waals surface area contributed by atoms with Gasteiger partial charge in [0.05, 0.1) is 6.20 Å². The Morgan fingerprint density at radius 2 is 2.22 bits per heavy atom. The molecule has 0 spiro atoms. The van der Waals surface area contributed by atoms with Gasteiger partial charge in [-0.3, -0.25) is 0 Å². The molecule has 0 bridgehead atoms. The van der Waals surface area contributed by atoms with E-state index in [-0.39, 0.29) is 11.9 Å². The Morgan fingerprint density at radius 1 is 1.50 bits per heavy atom. The Labute approximate surface area is 107 Å². The van der Waals surface area contributed by atoms with Gasteiger partial charge in [-0.25, -0.2) is 9.37 Å². The van der Waals surface area contributed by atoms with Crippen LogP contribution in [0.2, 0.25) is 0 Å². The first-order valence-corrected chi connectivity index (χ1v) is 6.33. The lowest BCUT2D eigenvalue weighted by Gasteiger charge is -2.29. The molecule has 0 saturated carbocycles. The lowest BCUT2D eigenvalue weighted by atomic mass is 10.1. The summed E-state index contributed by atoms with van der Waals surface area (Å²) in [6.07, 6.45) is 3.39. The van der Waals surface area contributed by atoms with Gasteiger partial charge in [0.1, 0.15) is 11.9 Å². The number of nitrogens with one attached hydrogen (secondary N) is 1. The molecule has 18 heavy (non-hydrogen) atoms. The van der Waals surface area contributed by atoms with Crippen molar-refractivity contribution in [2.45, 2.75) is 25.5 Å². The molecule has 2 rings (SSSR count). The highest BCUT2D eigenvalue weighted by Gasteiger charge is 2.19. The van der Waals surface area contributed by atoms with E-state index >= 15 is 0 Å². The second-order valence-electron chi connectivity index (χ2n) is 4.77. The van der Waals surface area contributed by atoms with Gasteiger partial charge in [0.25, 0.3) is 0 Å². The lowest BCUT2D eigenvalue weighted by molar-refractivity contribution is 0.108. The number of pyridine rings is 1. The average Bonchev–Trinajstić information content (AvgIpc) is 2.36. The van der Waals surface area contributed by atoms with E-state index in [0.717, 1.165) is 31.5 Å². The molecule has 1 aromatic heterocycles. The summed E-state index contributed by atoms with van der Waals surface area (Å²) in [5, 5.41) is 3.00. The van der Waals surface area contributed by atoms with E-state index in [2.05, 4.69) is 22.2 Å². The number of rotatable bonds is 4. The van der Waals surface area contributed by atoms with Gasteiger partial charge < -0.3 is 15.0 Å². The third-order valence-corrected chi connectivity index (χ3v) is 3.20. The molecular formula is C13H20FN3O. The summed E-state index contributed by atoms with van der Waals surface area (Å²) in [5.74, 6) is 0.233. The van der Waals surface area contributed by atoms with Crippen molar-refractivity contribution < 1.29 is 9.13 Å². The number of ether oxygens (including phenoxy) is 1. The summed E-state index contributed by atoms with van der Waals surface area (Å²) >= 11 is 0. The van der Waals surface area contributed by atoms with E-state index in [1.165, 1.54) is 12.3 Å². The normalized spacial score (nSPS) is 17.9. The smallest absolute Gasteiger partial charge is 0.218 e. The van der Waals surface area contributed by atoms with Gasteiger partial charge in [0.15, 0.2) is 0 Å². The minimum absolute atomic E-state index is 0.190. The molecule has 1 fully saturated rings. The van der Waals surface area contributed by atoms with Gasteiger partial charge in [-0.15, -0.1) is 0 Å². The van der Waals surface area contributed by atoms with Crippen LogP contribution in [0.15, 0.2) is 12.3 Å². The maximum Gasteiger partial charge on any atom is 0.218 e. The van der Waals surface area contributed by atoms with Crippen molar-refractivity contribution >= 4 is 0 Å². The first-order valence-electron chi connectivity index (χ1n) is 6.33. The molecule has 100 valence electrons. The number of hydrogen-bond donors (Lipinski definition) is 1. The Hall–Kier alpha value is -1.20. The third kappa shape index (κ3) is 3.40. The maximum absolute atomic E-state index is 13.1. The van der Waals surface area contributed by atoms with Crippen molar-refractivity contribution in [3.05, 3.63) is 23.6 Å². The first kappa shape index (κ1) is 13.2. The zero-order valence-corrected chi connectivity index (χ0v) is 10.9. The molecule has 1 aliphatic heterocycles. The van der Waals surface area contributed by atoms with Crippen molar-refractivity contribution in [3.63, 3.8) is 0 Å². The molecule has 1 aromatic rings. The molecule has 1 aliphatic rings. The van der Waals surface area contributed by atoms with Crippen LogP contribution in [0.1, 0.15) is 18.4 Å². The Balaban J connectivity index is 2.03. The molecule has 1 N–H and O–H groups in total. The fraction of sp³-hybridized carbons (Fsp3) is 0.615. The zero-order chi connectivity index (χ0) is 13.0. The lowest BCUT2D eigenvalue weighted by Crippen LogP contribution is -2.36. The van der Waals surface area contributed by atoms with Crippen molar-refractivity contribution in [2.24, 2.45) is 0 Å². The van der Waals surface area contributed by atoms with E-state index < -0.39 is 0 Å². The van der Waals surface area contributed by atoms with Crippen molar-refractivity contribution in [1.82, 2.24) is 15.2 Å². The van der Waals surface area contributed by atoms with Gasteiger partial charge in [0, 0.05) is 25.2 Å². The summed E-state index contributed by atoms with van der Waals surface area (Å²) in [5.41, 5.74) is 0.774. The molecule has 0 amide bonds. The SMILES string of the molecule is CNCc1cc(F)cnc1OC1CCN(C)CC1. The molecule has 0 radical (unpaired) electrons. The average molecular weight is 253 g/mol. The monoisotopic (exact) mass is 253 g/mol. The van der Waals surface area contributed by atoms with Crippen LogP contribution >= 0.6 is 0 Å². The highest BCUT2D eigenvalue weighted by atomic mass is 19.1. The number of halogens is 1. The Morgan fingerprint density at radius 3 is 2.89 bits per heavy atom. The predicted molar refractivity (Wildman–Crippen MR) is 68.1 cm³/mol. The molecule has 0 aliphatic carbocycles. The van der Waals surface area contributed by atoms with Crippen LogP contribution in [0.3, 0.4) is 0 Å². The maximum atomic E-state index is 13.1. The number of nitrogens with zero attached hydrogens (tertiary/aromatic N) is 2. The second-order valence-corrected chi connectivity index (χ2v) is 4.77. The predicted octanol–water partition coefficient (Wildman–Crippen LogP) is 1.41. The standard InChI is InChI=1S/C13H20FN3O/c1-15-8-10-7-11(14)9-16-13(10)18-12-3-5-17(2)6-4-12/h7,9,12,15H,3-6,8H2,1-2H3. The van der Waals surface area contributed by atoms with Crippen LogP contribution in [0.5, 0.6) is 5.88 Å². The van der Waals surface area contributed by atoms with Crippen LogP contribution in [0.4, 0.5) is 4.39 Å². The zero-order valence-electron chi connectivity index (χ0n) is 10.9. The van der Waals surface area contributed by atoms with Gasteiger partial charge >= 0.3 is 0 Å². The van der Waals surface area contributed by atoms with E-state index in [9.17, 15) is 4.39 Å². The molecule has 2 heterocycles. The Kier molecular flexibility index (Phi) is 4.49. The molecular weight excluding hydrogens is 233 g/mol. The molecule has 0 unspecified atom stereocenters. The number of piperidine rings is 1. The summed E-state index contributed by atoms with van der Waals surface area (Å²) in [6.45, 7) is 2.63. The van der Waals surface area contributed by atoms with Gasteiger partial charge in [-0.2, -0.15) is 0 Å². The summed E-state index contributed by atoms with van der Waals surface area (Å²) in [4.78, 5) is 6.34. The molecule has 0 atom stereocenters. The van der Waals surface area contributed by atoms with Crippen molar-refractivity contribution in [1.29, 1.82) is 0 Å². The minimum Gasteiger partial charge on any atom is -0.474 e. The largest absolute Gasteiger partial charge is 0.474 e. The number of hydrogen-bond acceptors (Lipinski definition) is 4. The van der Waals surface area contributed by atoms with E-state index in [0.29, 0.717) is 12.4 Å². The van der Waals surface area contributed by atoms with E-state index in [1.54, 1.807) is 0 Å². The van der Waals surface area contributed by atoms with Gasteiger partial charge in [-0.1, -0.05) is 0 Å². The minimum atomic E-state index is -0.323. The number of likely N-dealkylation sites (tertiary alicyclic amines) is 1. The number of aromatic nitrogens is 1.